The lowest BCUT2D eigenvalue weighted by Crippen LogP contribution is -2.52. The van der Waals surface area contributed by atoms with Crippen molar-refractivity contribution in [1.82, 2.24) is 4.72 Å². The van der Waals surface area contributed by atoms with Gasteiger partial charge in [0.05, 0.1) is 21.3 Å². The van der Waals surface area contributed by atoms with E-state index in [4.69, 9.17) is 0 Å². The Balaban J connectivity index is 3.50. The van der Waals surface area contributed by atoms with Gasteiger partial charge in [-0.25, -0.2) is 22.1 Å². The van der Waals surface area contributed by atoms with Crippen molar-refractivity contribution < 1.29 is 35.3 Å². The predicted octanol–water partition coefficient (Wildman–Crippen LogP) is 3.70. The summed E-state index contributed by atoms with van der Waals surface area (Å²) < 4.78 is 92.6. The van der Waals surface area contributed by atoms with Gasteiger partial charge in [0.25, 0.3) is 0 Å². The third kappa shape index (κ3) is 5.04. The average Bonchev–Trinajstić information content (AvgIpc) is 2.47. The van der Waals surface area contributed by atoms with E-state index in [-0.39, 0.29) is 0 Å². The van der Waals surface area contributed by atoms with E-state index < -0.39 is 63.5 Å². The number of ketones is 1. The van der Waals surface area contributed by atoms with Crippen molar-refractivity contribution in [3.8, 4) is 0 Å². The summed E-state index contributed by atoms with van der Waals surface area (Å²) in [4.78, 5) is 11.4. The van der Waals surface area contributed by atoms with E-state index in [0.717, 1.165) is 12.1 Å². The Labute approximate surface area is 143 Å². The molecule has 0 saturated heterocycles. The average molecular weight is 389 g/mol. The molecule has 0 heterocycles. The minimum absolute atomic E-state index is 0.689. The van der Waals surface area contributed by atoms with Gasteiger partial charge in [0.1, 0.15) is 6.67 Å². The van der Waals surface area contributed by atoms with Gasteiger partial charge in [-0.1, -0.05) is 12.1 Å². The van der Waals surface area contributed by atoms with Crippen molar-refractivity contribution >= 4 is 16.8 Å². The highest BCUT2D eigenvalue weighted by molar-refractivity contribution is 7.84. The molecule has 0 bridgehead atoms. The molecule has 0 amide bonds. The number of benzene rings is 1. The fourth-order valence-corrected chi connectivity index (χ4v) is 2.81. The van der Waals surface area contributed by atoms with E-state index >= 15 is 0 Å². The molecular formula is C15H17F6NO2S. The summed E-state index contributed by atoms with van der Waals surface area (Å²) in [5.41, 5.74) is -3.47. The van der Waals surface area contributed by atoms with E-state index in [1.54, 1.807) is 0 Å². The first-order valence-electron chi connectivity index (χ1n) is 7.05. The van der Waals surface area contributed by atoms with E-state index in [9.17, 15) is 35.3 Å². The maximum Gasteiger partial charge on any atom is 0.450 e. The number of hydrogen-bond acceptors (Lipinski definition) is 2. The first kappa shape index (κ1) is 21.6. The van der Waals surface area contributed by atoms with Gasteiger partial charge in [0.15, 0.2) is 11.6 Å². The zero-order valence-electron chi connectivity index (χ0n) is 13.6. The first-order valence-corrected chi connectivity index (χ1v) is 8.20. The highest BCUT2D eigenvalue weighted by Gasteiger charge is 2.48. The lowest BCUT2D eigenvalue weighted by Gasteiger charge is -2.34. The molecule has 0 aromatic heterocycles. The molecule has 10 heteroatoms. The summed E-state index contributed by atoms with van der Waals surface area (Å²) in [6.45, 7) is 2.60. The van der Waals surface area contributed by atoms with Crippen molar-refractivity contribution in [2.45, 2.75) is 43.7 Å². The largest absolute Gasteiger partial charge is 0.450 e. The van der Waals surface area contributed by atoms with Crippen LogP contribution in [0.5, 0.6) is 0 Å². The Morgan fingerprint density at radius 1 is 1.16 bits per heavy atom. The normalized spacial score (nSPS) is 16.4. The summed E-state index contributed by atoms with van der Waals surface area (Å²) in [7, 11) is -2.16. The van der Waals surface area contributed by atoms with Crippen molar-refractivity contribution in [3.05, 3.63) is 35.4 Å². The van der Waals surface area contributed by atoms with Crippen LogP contribution in [0.15, 0.2) is 18.2 Å². The second-order valence-corrected chi connectivity index (χ2v) is 8.36. The molecule has 1 aromatic carbocycles. The summed E-state index contributed by atoms with van der Waals surface area (Å²) in [5.74, 6) is -5.40. The lowest BCUT2D eigenvalue weighted by molar-refractivity contribution is -0.172. The third-order valence-electron chi connectivity index (χ3n) is 3.32. The summed E-state index contributed by atoms with van der Waals surface area (Å²) in [6.07, 6.45) is -6.88. The lowest BCUT2D eigenvalue weighted by atomic mass is 9.86. The molecule has 0 spiro atoms. The number of halogens is 6. The molecular weight excluding hydrogens is 372 g/mol. The van der Waals surface area contributed by atoms with Crippen molar-refractivity contribution in [2.75, 3.05) is 6.67 Å². The Bertz CT molecular complexity index is 641. The number of rotatable bonds is 6. The van der Waals surface area contributed by atoms with Gasteiger partial charge in [0.2, 0.25) is 5.78 Å². The van der Waals surface area contributed by atoms with Crippen molar-refractivity contribution in [1.29, 1.82) is 0 Å². The molecule has 0 fully saturated rings. The smallest absolute Gasteiger partial charge is 0.289 e. The van der Waals surface area contributed by atoms with Gasteiger partial charge < -0.3 is 0 Å². The van der Waals surface area contributed by atoms with E-state index in [0.29, 0.717) is 6.07 Å². The van der Waals surface area contributed by atoms with Crippen LogP contribution in [-0.4, -0.2) is 27.6 Å². The van der Waals surface area contributed by atoms with Crippen LogP contribution in [0.2, 0.25) is 0 Å². The van der Waals surface area contributed by atoms with Crippen LogP contribution in [0.1, 0.15) is 32.8 Å². The Kier molecular flexibility index (Phi) is 6.44. The molecule has 1 aromatic rings. The van der Waals surface area contributed by atoms with Crippen LogP contribution in [0.4, 0.5) is 26.3 Å². The monoisotopic (exact) mass is 389 g/mol. The number of hydrogen-bond donors (Lipinski definition) is 1. The van der Waals surface area contributed by atoms with Crippen LogP contribution in [-0.2, 0) is 21.3 Å². The van der Waals surface area contributed by atoms with Gasteiger partial charge in [-0.05, 0) is 26.8 Å². The Hall–Kier alpha value is -1.42. The highest BCUT2D eigenvalue weighted by Crippen LogP contribution is 2.34. The molecule has 1 N–H and O–H groups in total. The molecule has 1 rings (SSSR count). The van der Waals surface area contributed by atoms with Crippen LogP contribution in [0.25, 0.3) is 0 Å². The maximum atomic E-state index is 14.1. The first-order chi connectivity index (χ1) is 11.2. The van der Waals surface area contributed by atoms with Crippen LogP contribution in [0, 0.1) is 11.6 Å². The fourth-order valence-electron chi connectivity index (χ4n) is 1.91. The Morgan fingerprint density at radius 3 is 2.16 bits per heavy atom. The molecule has 3 nitrogen and oxygen atoms in total. The molecule has 2 unspecified atom stereocenters. The van der Waals surface area contributed by atoms with Gasteiger partial charge in [0, 0.05) is 12.0 Å². The fraction of sp³-hybridized carbons (Fsp3) is 0.533. The van der Waals surface area contributed by atoms with Crippen LogP contribution < -0.4 is 4.72 Å². The topological polar surface area (TPSA) is 46.2 Å². The SMILES string of the molecule is CC(C)(C)S(=O)NC(CF)(CC(=O)C(F)(F)F)c1cccc(F)c1F. The van der Waals surface area contributed by atoms with Crippen LogP contribution >= 0.6 is 0 Å². The van der Waals surface area contributed by atoms with Gasteiger partial charge in [-0.15, -0.1) is 0 Å². The molecule has 25 heavy (non-hydrogen) atoms. The molecule has 2 atom stereocenters. The molecule has 0 aliphatic carbocycles. The summed E-state index contributed by atoms with van der Waals surface area (Å²) in [6, 6.07) is 2.49. The van der Waals surface area contributed by atoms with E-state index in [1.165, 1.54) is 20.8 Å². The van der Waals surface area contributed by atoms with E-state index in [1.807, 2.05) is 0 Å². The summed E-state index contributed by atoms with van der Waals surface area (Å²) >= 11 is 0. The zero-order valence-corrected chi connectivity index (χ0v) is 14.5. The number of Topliss-reactive ketones (excluding diaryl/α,β-unsaturated/α-hetero) is 1. The summed E-state index contributed by atoms with van der Waals surface area (Å²) in [5, 5.41) is 0. The number of alkyl halides is 4. The zero-order chi connectivity index (χ0) is 19.6. The molecule has 0 aliphatic heterocycles. The highest BCUT2D eigenvalue weighted by atomic mass is 32.2. The number of carbonyl (C=O) groups is 1. The van der Waals surface area contributed by atoms with E-state index in [2.05, 4.69) is 4.72 Å². The van der Waals surface area contributed by atoms with Gasteiger partial charge in [-0.3, -0.25) is 4.79 Å². The third-order valence-corrected chi connectivity index (χ3v) is 5.01. The predicted molar refractivity (Wildman–Crippen MR) is 80.7 cm³/mol. The standard InChI is InChI=1S/C15H17F6NO2S/c1-13(2,3)25(24)22-14(8-16,7-11(23)15(19,20)21)9-5-4-6-10(17)12(9)18/h4-6,22H,7-8H2,1-3H3. The number of nitrogens with one attached hydrogen (secondary N) is 1. The second-order valence-electron chi connectivity index (χ2n) is 6.40. The molecule has 0 radical (unpaired) electrons. The van der Waals surface area contributed by atoms with Crippen molar-refractivity contribution in [2.24, 2.45) is 0 Å². The second kappa shape index (κ2) is 7.45. The minimum atomic E-state index is -5.31. The molecule has 0 saturated carbocycles. The maximum absolute atomic E-state index is 14.1. The van der Waals surface area contributed by atoms with Gasteiger partial charge >= 0.3 is 6.18 Å². The molecule has 142 valence electrons. The van der Waals surface area contributed by atoms with Crippen molar-refractivity contribution in [3.63, 3.8) is 0 Å². The quantitative estimate of drug-likeness (QED) is 0.754. The van der Waals surface area contributed by atoms with Gasteiger partial charge in [-0.2, -0.15) is 13.2 Å². The van der Waals surface area contributed by atoms with Crippen LogP contribution in [0.3, 0.4) is 0 Å². The Morgan fingerprint density at radius 2 is 1.72 bits per heavy atom. The minimum Gasteiger partial charge on any atom is -0.289 e. The number of carbonyl (C=O) groups excluding carboxylic acids is 1. The molecule has 0 aliphatic rings.